The summed E-state index contributed by atoms with van der Waals surface area (Å²) in [6, 6.07) is 2.42. The Bertz CT molecular complexity index is 902. The molecule has 30 heavy (non-hydrogen) atoms. The van der Waals surface area contributed by atoms with Crippen molar-refractivity contribution in [3.8, 4) is 5.88 Å². The average Bonchev–Trinajstić information content (AvgIpc) is 2.68. The number of anilines is 1. The van der Waals surface area contributed by atoms with E-state index in [9.17, 15) is 22.4 Å². The minimum absolute atomic E-state index is 0.185. The van der Waals surface area contributed by atoms with Gasteiger partial charge < -0.3 is 15.0 Å². The second-order valence-electron chi connectivity index (χ2n) is 6.13. The molecule has 10 heteroatoms. The summed E-state index contributed by atoms with van der Waals surface area (Å²) in [6.07, 6.45) is 1.76. The van der Waals surface area contributed by atoms with Crippen LogP contribution >= 0.6 is 0 Å². The summed E-state index contributed by atoms with van der Waals surface area (Å²) in [4.78, 5) is 21.0. The van der Waals surface area contributed by atoms with Crippen LogP contribution in [0.25, 0.3) is 0 Å². The highest BCUT2D eigenvalue weighted by atomic mass is 19.4. The van der Waals surface area contributed by atoms with Crippen LogP contribution in [0.15, 0.2) is 71.9 Å². The topological polar surface area (TPSA) is 66.8 Å². The molecule has 1 aromatic rings. The Morgan fingerprint density at radius 2 is 2.10 bits per heavy atom. The molecule has 0 unspecified atom stereocenters. The van der Waals surface area contributed by atoms with Crippen LogP contribution in [0.1, 0.15) is 13.3 Å². The Morgan fingerprint density at radius 3 is 2.60 bits per heavy atom. The van der Waals surface area contributed by atoms with Gasteiger partial charge in [-0.05, 0) is 25.0 Å². The van der Waals surface area contributed by atoms with E-state index in [2.05, 4.69) is 33.2 Å². The molecule has 0 aliphatic carbocycles. The third kappa shape index (κ3) is 6.57. The fraction of sp³-hybridized carbons (Fsp3) is 0.250. The van der Waals surface area contributed by atoms with E-state index in [0.29, 0.717) is 23.5 Å². The maximum atomic E-state index is 13.1. The van der Waals surface area contributed by atoms with Crippen molar-refractivity contribution in [3.05, 3.63) is 66.9 Å². The summed E-state index contributed by atoms with van der Waals surface area (Å²) in [5.41, 5.74) is 2.03. The average molecular weight is 424 g/mol. The predicted molar refractivity (Wildman–Crippen MR) is 105 cm³/mol. The molecule has 0 radical (unpaired) electrons. The molecule has 0 saturated heterocycles. The van der Waals surface area contributed by atoms with E-state index in [0.717, 1.165) is 11.6 Å². The SMILES string of the molecule is C=C(F)C(=O)N1CC=C(C(=N/C=C\C)C(=C)Nc2ccc(OC(F)(F)F)nc2)CC1. The van der Waals surface area contributed by atoms with Crippen LogP contribution in [-0.2, 0) is 4.79 Å². The molecular weight excluding hydrogens is 404 g/mol. The molecular formula is C20H20F4N4O2. The first-order valence-corrected chi connectivity index (χ1v) is 8.81. The highest BCUT2D eigenvalue weighted by Crippen LogP contribution is 2.23. The first kappa shape index (κ1) is 22.9. The molecule has 1 aliphatic rings. The van der Waals surface area contributed by atoms with Crippen LogP contribution in [0.5, 0.6) is 5.88 Å². The molecule has 0 fully saturated rings. The number of carbonyl (C=O) groups excluding carboxylic acids is 1. The van der Waals surface area contributed by atoms with Crippen LogP contribution < -0.4 is 10.1 Å². The normalized spacial score (nSPS) is 15.0. The minimum Gasteiger partial charge on any atom is -0.388 e. The van der Waals surface area contributed by atoms with Gasteiger partial charge in [-0.25, -0.2) is 9.37 Å². The number of hydrogen-bond acceptors (Lipinski definition) is 5. The first-order chi connectivity index (χ1) is 14.1. The zero-order valence-electron chi connectivity index (χ0n) is 16.2. The molecule has 0 bridgehead atoms. The number of carbonyl (C=O) groups is 1. The molecule has 2 rings (SSSR count). The molecule has 2 heterocycles. The van der Waals surface area contributed by atoms with Crippen molar-refractivity contribution in [2.45, 2.75) is 19.7 Å². The number of amides is 1. The number of aromatic nitrogens is 1. The van der Waals surface area contributed by atoms with Gasteiger partial charge in [0.2, 0.25) is 5.88 Å². The maximum absolute atomic E-state index is 13.1. The van der Waals surface area contributed by atoms with Crippen LogP contribution in [0, 0.1) is 0 Å². The number of allylic oxidation sites excluding steroid dienone is 2. The molecule has 1 amide bonds. The summed E-state index contributed by atoms with van der Waals surface area (Å²) in [7, 11) is 0. The van der Waals surface area contributed by atoms with E-state index in [-0.39, 0.29) is 13.1 Å². The highest BCUT2D eigenvalue weighted by Gasteiger charge is 2.31. The lowest BCUT2D eigenvalue weighted by molar-refractivity contribution is -0.276. The zero-order chi connectivity index (χ0) is 22.3. The lowest BCUT2D eigenvalue weighted by Gasteiger charge is -2.27. The largest absolute Gasteiger partial charge is 0.574 e. The maximum Gasteiger partial charge on any atom is 0.574 e. The summed E-state index contributed by atoms with van der Waals surface area (Å²) < 4.78 is 53.5. The van der Waals surface area contributed by atoms with E-state index in [1.165, 1.54) is 17.2 Å². The molecule has 1 aliphatic heterocycles. The third-order valence-electron chi connectivity index (χ3n) is 3.92. The van der Waals surface area contributed by atoms with Crippen molar-refractivity contribution >= 4 is 17.3 Å². The van der Waals surface area contributed by atoms with Crippen molar-refractivity contribution in [3.63, 3.8) is 0 Å². The molecule has 0 atom stereocenters. The number of ether oxygens (including phenoxy) is 1. The zero-order valence-corrected chi connectivity index (χ0v) is 16.2. The lowest BCUT2D eigenvalue weighted by atomic mass is 10.0. The molecule has 160 valence electrons. The lowest BCUT2D eigenvalue weighted by Crippen LogP contribution is -2.36. The van der Waals surface area contributed by atoms with E-state index in [4.69, 9.17) is 0 Å². The first-order valence-electron chi connectivity index (χ1n) is 8.81. The van der Waals surface area contributed by atoms with Crippen LogP contribution in [0.2, 0.25) is 0 Å². The van der Waals surface area contributed by atoms with Gasteiger partial charge in [0.15, 0.2) is 5.83 Å². The summed E-state index contributed by atoms with van der Waals surface area (Å²) in [5, 5.41) is 2.94. The van der Waals surface area contributed by atoms with Gasteiger partial charge in [0.05, 0.1) is 23.3 Å². The third-order valence-corrected chi connectivity index (χ3v) is 3.92. The van der Waals surface area contributed by atoms with Gasteiger partial charge in [-0.1, -0.05) is 25.3 Å². The van der Waals surface area contributed by atoms with E-state index < -0.39 is 24.0 Å². The molecule has 0 aromatic carbocycles. The number of rotatable bonds is 7. The molecule has 1 N–H and O–H groups in total. The van der Waals surface area contributed by atoms with Gasteiger partial charge in [-0.3, -0.25) is 9.79 Å². The van der Waals surface area contributed by atoms with Gasteiger partial charge in [-0.15, -0.1) is 13.2 Å². The Kier molecular flexibility index (Phi) is 7.51. The number of aliphatic imine (C=N–C) groups is 1. The molecule has 0 saturated carbocycles. The number of alkyl halides is 3. The van der Waals surface area contributed by atoms with Gasteiger partial charge in [-0.2, -0.15) is 0 Å². The van der Waals surface area contributed by atoms with Crippen molar-refractivity contribution in [2.24, 2.45) is 4.99 Å². The standard InChI is InChI=1S/C20H20F4N4O2/c1-4-9-25-18(15-7-10-28(11-8-15)19(29)13(2)21)14(3)27-16-5-6-17(26-12-16)30-20(22,23)24/h4-7,9,12,27H,2-3,8,10-11H2,1H3/b9-4-,25-18?. The monoisotopic (exact) mass is 424 g/mol. The number of pyridine rings is 1. The summed E-state index contributed by atoms with van der Waals surface area (Å²) in [5.74, 6) is -2.37. The summed E-state index contributed by atoms with van der Waals surface area (Å²) in [6.45, 7) is 9.19. The minimum atomic E-state index is -4.82. The van der Waals surface area contributed by atoms with Gasteiger partial charge >= 0.3 is 6.36 Å². The van der Waals surface area contributed by atoms with Crippen LogP contribution in [0.4, 0.5) is 23.2 Å². The van der Waals surface area contributed by atoms with Gasteiger partial charge in [0.25, 0.3) is 5.91 Å². The molecule has 1 aromatic heterocycles. The fourth-order valence-electron chi connectivity index (χ4n) is 2.61. The van der Waals surface area contributed by atoms with Gasteiger partial charge in [0.1, 0.15) is 0 Å². The number of nitrogens with zero attached hydrogens (tertiary/aromatic N) is 3. The van der Waals surface area contributed by atoms with E-state index in [1.54, 1.807) is 25.3 Å². The summed E-state index contributed by atoms with van der Waals surface area (Å²) >= 11 is 0. The van der Waals surface area contributed by atoms with Crippen molar-refractivity contribution in [1.29, 1.82) is 0 Å². The Balaban J connectivity index is 2.13. The van der Waals surface area contributed by atoms with E-state index in [1.807, 2.05) is 0 Å². The van der Waals surface area contributed by atoms with E-state index >= 15 is 0 Å². The number of hydrogen-bond donors (Lipinski definition) is 1. The predicted octanol–water partition coefficient (Wildman–Crippen LogP) is 4.52. The second kappa shape index (κ2) is 9.86. The quantitative estimate of drug-likeness (QED) is 0.397. The fourth-order valence-corrected chi connectivity index (χ4v) is 2.61. The van der Waals surface area contributed by atoms with Crippen molar-refractivity contribution in [1.82, 2.24) is 9.88 Å². The molecule has 6 nitrogen and oxygen atoms in total. The van der Waals surface area contributed by atoms with Crippen molar-refractivity contribution in [2.75, 3.05) is 18.4 Å². The Hall–Kier alpha value is -3.43. The Labute approximate surface area is 171 Å². The Morgan fingerprint density at radius 1 is 1.37 bits per heavy atom. The molecule has 0 spiro atoms. The van der Waals surface area contributed by atoms with Gasteiger partial charge in [0, 0.05) is 25.4 Å². The number of halogens is 4. The van der Waals surface area contributed by atoms with Crippen LogP contribution in [0.3, 0.4) is 0 Å². The van der Waals surface area contributed by atoms with Crippen LogP contribution in [-0.4, -0.2) is 41.0 Å². The highest BCUT2D eigenvalue weighted by molar-refractivity contribution is 6.14. The smallest absolute Gasteiger partial charge is 0.388 e. The van der Waals surface area contributed by atoms with Crippen molar-refractivity contribution < 1.29 is 27.1 Å². The second-order valence-corrected chi connectivity index (χ2v) is 6.13. The number of nitrogens with one attached hydrogen (secondary N) is 1.